The predicted molar refractivity (Wildman–Crippen MR) is 78.3 cm³/mol. The molecule has 0 radical (unpaired) electrons. The molecule has 2 atom stereocenters. The summed E-state index contributed by atoms with van der Waals surface area (Å²) in [5.41, 5.74) is -0.0338. The number of fused-ring (bicyclic) bond motifs is 1. The Balaban J connectivity index is 1.86. The van der Waals surface area contributed by atoms with Gasteiger partial charge in [0.25, 0.3) is 11.5 Å². The maximum atomic E-state index is 12.4. The van der Waals surface area contributed by atoms with E-state index in [0.717, 1.165) is 19.3 Å². The Morgan fingerprint density at radius 2 is 2.10 bits per heavy atom. The van der Waals surface area contributed by atoms with Gasteiger partial charge in [-0.15, -0.1) is 0 Å². The molecule has 110 valence electrons. The monoisotopic (exact) mass is 287 g/mol. The molecule has 1 aromatic carbocycles. The Kier molecular flexibility index (Phi) is 3.70. The molecule has 1 aliphatic rings. The number of methoxy groups -OCH3 is 1. The molecule has 21 heavy (non-hydrogen) atoms. The fourth-order valence-corrected chi connectivity index (χ4v) is 2.83. The summed E-state index contributed by atoms with van der Waals surface area (Å²) in [4.78, 5) is 24.1. The van der Waals surface area contributed by atoms with Gasteiger partial charge in [0.05, 0.1) is 11.5 Å². The molecule has 2 aromatic rings. The van der Waals surface area contributed by atoms with Crippen LogP contribution in [-0.2, 0) is 4.74 Å². The number of hydrogen-bond donors (Lipinski definition) is 2. The Bertz CT molecular complexity index is 725. The van der Waals surface area contributed by atoms with Crippen LogP contribution >= 0.6 is 0 Å². The molecule has 6 nitrogen and oxygen atoms in total. The molecule has 2 unspecified atom stereocenters. The summed E-state index contributed by atoms with van der Waals surface area (Å²) in [5, 5.41) is 10.3. The summed E-state index contributed by atoms with van der Waals surface area (Å²) in [6, 6.07) is 7.06. The number of ether oxygens (including phenoxy) is 1. The van der Waals surface area contributed by atoms with Gasteiger partial charge in [-0.25, -0.2) is 5.10 Å². The van der Waals surface area contributed by atoms with Crippen molar-refractivity contribution in [2.24, 2.45) is 0 Å². The number of carbonyl (C=O) groups is 1. The molecule has 1 saturated carbocycles. The minimum Gasteiger partial charge on any atom is -0.381 e. The third-order valence-corrected chi connectivity index (χ3v) is 3.96. The SMILES string of the molecule is COC1CCC(NC(=O)c2n[nH]c(=O)c3ccccc23)C1. The van der Waals surface area contributed by atoms with E-state index in [2.05, 4.69) is 15.5 Å². The lowest BCUT2D eigenvalue weighted by atomic mass is 10.1. The fraction of sp³-hybridized carbons (Fsp3) is 0.400. The first-order valence-electron chi connectivity index (χ1n) is 7.00. The van der Waals surface area contributed by atoms with E-state index in [1.54, 1.807) is 31.4 Å². The molecule has 6 heteroatoms. The molecule has 3 rings (SSSR count). The third-order valence-electron chi connectivity index (χ3n) is 3.96. The van der Waals surface area contributed by atoms with Crippen LogP contribution in [0.3, 0.4) is 0 Å². The topological polar surface area (TPSA) is 84.1 Å². The molecule has 0 saturated heterocycles. The highest BCUT2D eigenvalue weighted by molar-refractivity contribution is 6.04. The summed E-state index contributed by atoms with van der Waals surface area (Å²) < 4.78 is 5.30. The molecule has 1 aliphatic carbocycles. The largest absolute Gasteiger partial charge is 0.381 e. The average Bonchev–Trinajstić information content (AvgIpc) is 2.95. The van der Waals surface area contributed by atoms with Crippen molar-refractivity contribution in [3.8, 4) is 0 Å². The van der Waals surface area contributed by atoms with Crippen LogP contribution in [-0.4, -0.2) is 35.4 Å². The zero-order chi connectivity index (χ0) is 14.8. The number of amides is 1. The Morgan fingerprint density at radius 1 is 1.33 bits per heavy atom. The lowest BCUT2D eigenvalue weighted by Gasteiger charge is -2.13. The summed E-state index contributed by atoms with van der Waals surface area (Å²) in [6.07, 6.45) is 2.85. The van der Waals surface area contributed by atoms with E-state index in [1.807, 2.05) is 0 Å². The van der Waals surface area contributed by atoms with Crippen molar-refractivity contribution in [2.45, 2.75) is 31.4 Å². The lowest BCUT2D eigenvalue weighted by Crippen LogP contribution is -2.34. The van der Waals surface area contributed by atoms with Crippen molar-refractivity contribution in [1.82, 2.24) is 15.5 Å². The minimum atomic E-state index is -0.289. The fourth-order valence-electron chi connectivity index (χ4n) is 2.83. The minimum absolute atomic E-state index is 0.0925. The second kappa shape index (κ2) is 5.65. The van der Waals surface area contributed by atoms with Gasteiger partial charge in [-0.05, 0) is 25.3 Å². The number of rotatable bonds is 3. The van der Waals surface area contributed by atoms with Crippen LogP contribution in [0.5, 0.6) is 0 Å². The Hall–Kier alpha value is -2.21. The quantitative estimate of drug-likeness (QED) is 0.889. The van der Waals surface area contributed by atoms with Gasteiger partial charge in [-0.3, -0.25) is 9.59 Å². The zero-order valence-electron chi connectivity index (χ0n) is 11.8. The van der Waals surface area contributed by atoms with Crippen molar-refractivity contribution < 1.29 is 9.53 Å². The van der Waals surface area contributed by atoms with Gasteiger partial charge in [-0.1, -0.05) is 18.2 Å². The van der Waals surface area contributed by atoms with Gasteiger partial charge in [0.2, 0.25) is 0 Å². The number of nitrogens with one attached hydrogen (secondary N) is 2. The number of benzene rings is 1. The van der Waals surface area contributed by atoms with Crippen LogP contribution < -0.4 is 10.9 Å². The van der Waals surface area contributed by atoms with Gasteiger partial charge < -0.3 is 10.1 Å². The normalized spacial score (nSPS) is 21.6. The van der Waals surface area contributed by atoms with Crippen LogP contribution in [0.15, 0.2) is 29.1 Å². The van der Waals surface area contributed by atoms with E-state index in [9.17, 15) is 9.59 Å². The first-order valence-corrected chi connectivity index (χ1v) is 7.00. The van der Waals surface area contributed by atoms with Crippen LogP contribution in [0, 0.1) is 0 Å². The van der Waals surface area contributed by atoms with E-state index >= 15 is 0 Å². The molecule has 0 bridgehead atoms. The number of aromatic nitrogens is 2. The highest BCUT2D eigenvalue weighted by atomic mass is 16.5. The molecule has 1 fully saturated rings. The van der Waals surface area contributed by atoms with Crippen molar-refractivity contribution in [3.05, 3.63) is 40.3 Å². The van der Waals surface area contributed by atoms with Crippen molar-refractivity contribution >= 4 is 16.7 Å². The molecular formula is C15H17N3O3. The molecule has 1 heterocycles. The van der Waals surface area contributed by atoms with Crippen LogP contribution in [0.2, 0.25) is 0 Å². The van der Waals surface area contributed by atoms with Gasteiger partial charge in [-0.2, -0.15) is 5.10 Å². The maximum absolute atomic E-state index is 12.4. The number of carbonyl (C=O) groups excluding carboxylic acids is 1. The highest BCUT2D eigenvalue weighted by Crippen LogP contribution is 2.22. The maximum Gasteiger partial charge on any atom is 0.272 e. The van der Waals surface area contributed by atoms with Crippen LogP contribution in [0.25, 0.3) is 10.8 Å². The average molecular weight is 287 g/mol. The second-order valence-corrected chi connectivity index (χ2v) is 5.29. The second-order valence-electron chi connectivity index (χ2n) is 5.29. The van der Waals surface area contributed by atoms with E-state index in [0.29, 0.717) is 10.8 Å². The predicted octanol–water partition coefficient (Wildman–Crippen LogP) is 1.22. The summed E-state index contributed by atoms with van der Waals surface area (Å²) in [5.74, 6) is -0.260. The van der Waals surface area contributed by atoms with Crippen LogP contribution in [0.4, 0.5) is 0 Å². The smallest absolute Gasteiger partial charge is 0.272 e. The van der Waals surface area contributed by atoms with E-state index in [1.165, 1.54) is 0 Å². The Morgan fingerprint density at radius 3 is 2.81 bits per heavy atom. The van der Waals surface area contributed by atoms with Gasteiger partial charge >= 0.3 is 0 Å². The van der Waals surface area contributed by atoms with Gasteiger partial charge in [0, 0.05) is 18.5 Å². The van der Waals surface area contributed by atoms with Crippen molar-refractivity contribution in [2.75, 3.05) is 7.11 Å². The molecular weight excluding hydrogens is 270 g/mol. The van der Waals surface area contributed by atoms with E-state index in [4.69, 9.17) is 4.74 Å². The standard InChI is InChI=1S/C15H17N3O3/c1-21-10-7-6-9(8-10)16-15(20)13-11-4-2-3-5-12(11)14(19)18-17-13/h2-5,9-10H,6-8H2,1H3,(H,16,20)(H,18,19). The molecule has 1 aromatic heterocycles. The van der Waals surface area contributed by atoms with Gasteiger partial charge in [0.1, 0.15) is 0 Å². The number of nitrogens with zero attached hydrogens (tertiary/aromatic N) is 1. The molecule has 0 aliphatic heterocycles. The van der Waals surface area contributed by atoms with E-state index < -0.39 is 0 Å². The van der Waals surface area contributed by atoms with Crippen LogP contribution in [0.1, 0.15) is 29.8 Å². The summed E-state index contributed by atoms with van der Waals surface area (Å²) in [7, 11) is 1.69. The summed E-state index contributed by atoms with van der Waals surface area (Å²) >= 11 is 0. The third kappa shape index (κ3) is 2.67. The lowest BCUT2D eigenvalue weighted by molar-refractivity contribution is 0.0911. The molecule has 0 spiro atoms. The molecule has 2 N–H and O–H groups in total. The zero-order valence-corrected chi connectivity index (χ0v) is 11.8. The highest BCUT2D eigenvalue weighted by Gasteiger charge is 2.26. The Labute approximate surface area is 121 Å². The summed E-state index contributed by atoms with van der Waals surface area (Å²) in [6.45, 7) is 0. The van der Waals surface area contributed by atoms with Gasteiger partial charge in [0.15, 0.2) is 5.69 Å². The first kappa shape index (κ1) is 13.8. The number of aromatic amines is 1. The number of hydrogen-bond acceptors (Lipinski definition) is 4. The molecule has 1 amide bonds. The number of H-pyrrole nitrogens is 1. The van der Waals surface area contributed by atoms with E-state index in [-0.39, 0.29) is 29.3 Å². The first-order chi connectivity index (χ1) is 10.2. The van der Waals surface area contributed by atoms with Crippen molar-refractivity contribution in [3.63, 3.8) is 0 Å². The van der Waals surface area contributed by atoms with Crippen molar-refractivity contribution in [1.29, 1.82) is 0 Å².